The summed E-state index contributed by atoms with van der Waals surface area (Å²) in [6, 6.07) is 16.8. The maximum atomic E-state index is 11.8. The standard InChI is InChI=1S/C25H22N4O4/c1-32-22-12-20-17(11-16(22)19-3-2-9-28-19)21(8-10-29-20)33-15-6-4-14(5-7-15)18-13-25(18,23(26)30)24(27)31/h2-12,18,28H,13H2,1H3,(H2,26,30)(H2,27,31). The highest BCUT2D eigenvalue weighted by Gasteiger charge is 2.64. The number of methoxy groups -OCH3 is 1. The number of carbonyl (C=O) groups is 2. The lowest BCUT2D eigenvalue weighted by Crippen LogP contribution is -2.38. The zero-order valence-corrected chi connectivity index (χ0v) is 17.9. The number of aromatic nitrogens is 2. The first kappa shape index (κ1) is 20.6. The number of amides is 2. The average molecular weight is 442 g/mol. The van der Waals surface area contributed by atoms with Gasteiger partial charge in [-0.25, -0.2) is 0 Å². The van der Waals surface area contributed by atoms with Gasteiger partial charge in [0.1, 0.15) is 22.7 Å². The minimum Gasteiger partial charge on any atom is -0.496 e. The molecule has 8 nitrogen and oxygen atoms in total. The van der Waals surface area contributed by atoms with Gasteiger partial charge in [0.2, 0.25) is 11.8 Å². The number of aromatic amines is 1. The summed E-state index contributed by atoms with van der Waals surface area (Å²) in [4.78, 5) is 31.2. The molecule has 2 heterocycles. The molecule has 2 amide bonds. The van der Waals surface area contributed by atoms with E-state index in [4.69, 9.17) is 20.9 Å². The molecule has 33 heavy (non-hydrogen) atoms. The molecule has 1 unspecified atom stereocenters. The van der Waals surface area contributed by atoms with E-state index in [1.807, 2.05) is 42.6 Å². The molecule has 166 valence electrons. The third-order valence-corrected chi connectivity index (χ3v) is 6.26. The van der Waals surface area contributed by atoms with E-state index in [0.29, 0.717) is 23.7 Å². The van der Waals surface area contributed by atoms with E-state index in [1.54, 1.807) is 31.5 Å². The van der Waals surface area contributed by atoms with Crippen molar-refractivity contribution in [3.63, 3.8) is 0 Å². The Balaban J connectivity index is 1.46. The molecule has 0 radical (unpaired) electrons. The van der Waals surface area contributed by atoms with Gasteiger partial charge in [0.25, 0.3) is 0 Å². The lowest BCUT2D eigenvalue weighted by atomic mass is 9.97. The van der Waals surface area contributed by atoms with Crippen molar-refractivity contribution in [2.24, 2.45) is 16.9 Å². The summed E-state index contributed by atoms with van der Waals surface area (Å²) >= 11 is 0. The maximum Gasteiger partial charge on any atom is 0.233 e. The Kier molecular flexibility index (Phi) is 4.78. The van der Waals surface area contributed by atoms with Gasteiger partial charge in [-0.05, 0) is 48.4 Å². The second kappa shape index (κ2) is 7.67. The second-order valence-corrected chi connectivity index (χ2v) is 8.09. The Hall–Kier alpha value is -4.33. The predicted molar refractivity (Wildman–Crippen MR) is 123 cm³/mol. The molecule has 4 aromatic rings. The minimum absolute atomic E-state index is 0.306. The smallest absolute Gasteiger partial charge is 0.233 e. The van der Waals surface area contributed by atoms with Crippen molar-refractivity contribution in [3.8, 4) is 28.5 Å². The molecule has 1 aliphatic rings. The van der Waals surface area contributed by atoms with Gasteiger partial charge >= 0.3 is 0 Å². The summed E-state index contributed by atoms with van der Waals surface area (Å²) in [5.41, 5.74) is 12.9. The summed E-state index contributed by atoms with van der Waals surface area (Å²) in [7, 11) is 1.63. The van der Waals surface area contributed by atoms with Gasteiger partial charge in [-0.1, -0.05) is 12.1 Å². The first-order chi connectivity index (χ1) is 15.9. The molecule has 1 fully saturated rings. The van der Waals surface area contributed by atoms with Crippen molar-refractivity contribution >= 4 is 22.7 Å². The Morgan fingerprint density at radius 2 is 1.82 bits per heavy atom. The lowest BCUT2D eigenvalue weighted by molar-refractivity contribution is -0.133. The van der Waals surface area contributed by atoms with E-state index in [9.17, 15) is 9.59 Å². The quantitative estimate of drug-likeness (QED) is 0.377. The number of nitrogens with one attached hydrogen (secondary N) is 1. The average Bonchev–Trinajstić information content (AvgIpc) is 3.37. The molecule has 0 saturated heterocycles. The highest BCUT2D eigenvalue weighted by atomic mass is 16.5. The van der Waals surface area contributed by atoms with Crippen LogP contribution in [-0.2, 0) is 9.59 Å². The van der Waals surface area contributed by atoms with Crippen LogP contribution in [0.2, 0.25) is 0 Å². The first-order valence-corrected chi connectivity index (χ1v) is 10.4. The van der Waals surface area contributed by atoms with Gasteiger partial charge in [0.05, 0.1) is 12.6 Å². The second-order valence-electron chi connectivity index (χ2n) is 8.09. The molecule has 1 aliphatic carbocycles. The molecular weight excluding hydrogens is 420 g/mol. The van der Waals surface area contributed by atoms with Gasteiger partial charge in [0.15, 0.2) is 0 Å². The Labute approximate surface area is 189 Å². The van der Waals surface area contributed by atoms with Gasteiger partial charge in [-0.15, -0.1) is 0 Å². The molecule has 0 spiro atoms. The number of carbonyl (C=O) groups excluding carboxylic acids is 2. The number of ether oxygens (including phenoxy) is 2. The normalized spacial score (nSPS) is 16.3. The molecule has 1 saturated carbocycles. The van der Waals surface area contributed by atoms with Gasteiger partial charge in [-0.3, -0.25) is 14.6 Å². The van der Waals surface area contributed by atoms with E-state index in [0.717, 1.165) is 27.7 Å². The van der Waals surface area contributed by atoms with Crippen LogP contribution in [0.25, 0.3) is 22.2 Å². The van der Waals surface area contributed by atoms with E-state index in [-0.39, 0.29) is 5.92 Å². The molecule has 2 aromatic carbocycles. The van der Waals surface area contributed by atoms with Crippen LogP contribution in [0.4, 0.5) is 0 Å². The molecular formula is C25H22N4O4. The lowest BCUT2D eigenvalue weighted by Gasteiger charge is -2.13. The number of pyridine rings is 1. The van der Waals surface area contributed by atoms with E-state index >= 15 is 0 Å². The Bertz CT molecular complexity index is 1350. The fraction of sp³-hybridized carbons (Fsp3) is 0.160. The summed E-state index contributed by atoms with van der Waals surface area (Å²) in [5, 5.41) is 0.829. The number of nitrogens with zero attached hydrogens (tertiary/aromatic N) is 1. The molecule has 0 aliphatic heterocycles. The largest absolute Gasteiger partial charge is 0.496 e. The SMILES string of the molecule is COc1cc2nccc(Oc3ccc(C4CC4(C(N)=O)C(N)=O)cc3)c2cc1-c1ccc[nH]1. The van der Waals surface area contributed by atoms with Crippen LogP contribution in [0.15, 0.2) is 67.0 Å². The summed E-state index contributed by atoms with van der Waals surface area (Å²) < 4.78 is 11.7. The van der Waals surface area contributed by atoms with Crippen molar-refractivity contribution in [2.45, 2.75) is 12.3 Å². The van der Waals surface area contributed by atoms with E-state index in [2.05, 4.69) is 9.97 Å². The molecule has 5 N–H and O–H groups in total. The third kappa shape index (κ3) is 3.36. The number of H-pyrrole nitrogens is 1. The monoisotopic (exact) mass is 442 g/mol. The van der Waals surface area contributed by atoms with E-state index in [1.165, 1.54) is 0 Å². The highest BCUT2D eigenvalue weighted by molar-refractivity contribution is 6.08. The van der Waals surface area contributed by atoms with Crippen LogP contribution in [0, 0.1) is 5.41 Å². The summed E-state index contributed by atoms with van der Waals surface area (Å²) in [5.74, 6) is 0.273. The minimum atomic E-state index is -1.29. The number of rotatable bonds is 7. The number of primary amides is 2. The van der Waals surface area contributed by atoms with Gasteiger partial charge in [0, 0.05) is 41.0 Å². The molecule has 5 rings (SSSR count). The predicted octanol–water partition coefficient (Wildman–Crippen LogP) is 3.48. The Morgan fingerprint density at radius 1 is 1.06 bits per heavy atom. The number of nitrogens with two attached hydrogens (primary N) is 2. The van der Waals surface area contributed by atoms with Crippen molar-refractivity contribution in [1.82, 2.24) is 9.97 Å². The molecule has 2 aromatic heterocycles. The van der Waals surface area contributed by atoms with Crippen molar-refractivity contribution in [2.75, 3.05) is 7.11 Å². The highest BCUT2D eigenvalue weighted by Crippen LogP contribution is 2.59. The van der Waals surface area contributed by atoms with Crippen LogP contribution < -0.4 is 20.9 Å². The summed E-state index contributed by atoms with van der Waals surface area (Å²) in [6.07, 6.45) is 3.86. The topological polar surface area (TPSA) is 133 Å². The van der Waals surface area contributed by atoms with Crippen molar-refractivity contribution in [1.29, 1.82) is 0 Å². The number of fused-ring (bicyclic) bond motifs is 1. The van der Waals surface area contributed by atoms with Crippen molar-refractivity contribution in [3.05, 3.63) is 72.6 Å². The molecule has 8 heteroatoms. The van der Waals surface area contributed by atoms with Crippen LogP contribution in [0.1, 0.15) is 17.9 Å². The Morgan fingerprint density at radius 3 is 2.42 bits per heavy atom. The zero-order valence-electron chi connectivity index (χ0n) is 17.9. The number of hydrogen-bond donors (Lipinski definition) is 3. The maximum absolute atomic E-state index is 11.8. The van der Waals surface area contributed by atoms with Gasteiger partial charge < -0.3 is 25.9 Å². The van der Waals surface area contributed by atoms with Crippen LogP contribution in [0.5, 0.6) is 17.2 Å². The number of hydrogen-bond acceptors (Lipinski definition) is 5. The van der Waals surface area contributed by atoms with Crippen LogP contribution in [-0.4, -0.2) is 28.9 Å². The van der Waals surface area contributed by atoms with Crippen molar-refractivity contribution < 1.29 is 19.1 Å². The summed E-state index contributed by atoms with van der Waals surface area (Å²) in [6.45, 7) is 0. The van der Waals surface area contributed by atoms with Crippen LogP contribution >= 0.6 is 0 Å². The number of benzene rings is 2. The van der Waals surface area contributed by atoms with Gasteiger partial charge in [-0.2, -0.15) is 0 Å². The first-order valence-electron chi connectivity index (χ1n) is 10.4. The fourth-order valence-corrected chi connectivity index (χ4v) is 4.34. The molecule has 0 bridgehead atoms. The zero-order chi connectivity index (χ0) is 23.2. The van der Waals surface area contributed by atoms with Crippen LogP contribution in [0.3, 0.4) is 0 Å². The third-order valence-electron chi connectivity index (χ3n) is 6.26. The molecule has 1 atom stereocenters. The fourth-order valence-electron chi connectivity index (χ4n) is 4.34. The van der Waals surface area contributed by atoms with E-state index < -0.39 is 17.2 Å².